The normalized spacial score (nSPS) is 24.4. The molecule has 1 saturated heterocycles. The lowest BCUT2D eigenvalue weighted by molar-refractivity contribution is -0.123. The van der Waals surface area contributed by atoms with Gasteiger partial charge in [-0.1, -0.05) is 30.1 Å². The van der Waals surface area contributed by atoms with Crippen LogP contribution >= 0.6 is 23.2 Å². The van der Waals surface area contributed by atoms with Crippen LogP contribution in [-0.2, 0) is 10.3 Å². The number of carbonyl (C=O) groups is 1. The van der Waals surface area contributed by atoms with E-state index in [1.54, 1.807) is 25.1 Å². The Labute approximate surface area is 122 Å². The number of benzene rings is 1. The van der Waals surface area contributed by atoms with E-state index < -0.39 is 5.54 Å². The van der Waals surface area contributed by atoms with Crippen LogP contribution in [0.1, 0.15) is 25.8 Å². The van der Waals surface area contributed by atoms with Gasteiger partial charge in [-0.3, -0.25) is 15.1 Å². The number of halogens is 2. The van der Waals surface area contributed by atoms with E-state index in [4.69, 9.17) is 23.2 Å². The number of rotatable bonds is 3. The summed E-state index contributed by atoms with van der Waals surface area (Å²) in [6.07, 6.45) is 0.912. The SMILES string of the molecule is CCCN=C1NC(=O)C(C)(c2cc(Cl)ccc2Cl)N1. The van der Waals surface area contributed by atoms with Crippen molar-refractivity contribution in [2.24, 2.45) is 4.99 Å². The third-order valence-corrected chi connectivity index (χ3v) is 3.58. The summed E-state index contributed by atoms with van der Waals surface area (Å²) in [6.45, 7) is 4.43. The molecule has 6 heteroatoms. The number of amides is 1. The molecule has 2 rings (SSSR count). The van der Waals surface area contributed by atoms with Crippen molar-refractivity contribution in [2.75, 3.05) is 6.54 Å². The molecule has 1 aliphatic rings. The number of nitrogens with zero attached hydrogens (tertiary/aromatic N) is 1. The van der Waals surface area contributed by atoms with Crippen molar-refractivity contribution in [2.45, 2.75) is 25.8 Å². The van der Waals surface area contributed by atoms with Crippen LogP contribution in [0.4, 0.5) is 0 Å². The summed E-state index contributed by atoms with van der Waals surface area (Å²) in [4.78, 5) is 16.4. The molecule has 1 aliphatic heterocycles. The lowest BCUT2D eigenvalue weighted by Gasteiger charge is -2.23. The zero-order valence-corrected chi connectivity index (χ0v) is 12.3. The Balaban J connectivity index is 2.37. The first-order chi connectivity index (χ1) is 8.97. The van der Waals surface area contributed by atoms with Gasteiger partial charge >= 0.3 is 0 Å². The van der Waals surface area contributed by atoms with Crippen molar-refractivity contribution in [3.05, 3.63) is 33.8 Å². The van der Waals surface area contributed by atoms with Gasteiger partial charge in [-0.2, -0.15) is 0 Å². The second kappa shape index (κ2) is 5.39. The minimum Gasteiger partial charge on any atom is -0.338 e. The highest BCUT2D eigenvalue weighted by Gasteiger charge is 2.43. The molecule has 4 nitrogen and oxygen atoms in total. The fourth-order valence-electron chi connectivity index (χ4n) is 1.93. The van der Waals surface area contributed by atoms with Gasteiger partial charge in [-0.25, -0.2) is 0 Å². The summed E-state index contributed by atoms with van der Waals surface area (Å²) in [5.41, 5.74) is -0.310. The van der Waals surface area contributed by atoms with Crippen molar-refractivity contribution in [1.82, 2.24) is 10.6 Å². The summed E-state index contributed by atoms with van der Waals surface area (Å²) in [5.74, 6) is 0.289. The van der Waals surface area contributed by atoms with E-state index in [1.165, 1.54) is 0 Å². The molecule has 1 fully saturated rings. The third kappa shape index (κ3) is 2.69. The Morgan fingerprint density at radius 1 is 1.37 bits per heavy atom. The van der Waals surface area contributed by atoms with Gasteiger partial charge in [0.25, 0.3) is 5.91 Å². The van der Waals surface area contributed by atoms with Crippen molar-refractivity contribution >= 4 is 35.1 Å². The van der Waals surface area contributed by atoms with Gasteiger partial charge in [0.05, 0.1) is 0 Å². The number of hydrogen-bond donors (Lipinski definition) is 2. The Kier molecular flexibility index (Phi) is 4.02. The fourth-order valence-corrected chi connectivity index (χ4v) is 2.41. The molecule has 0 radical (unpaired) electrons. The molecule has 0 aliphatic carbocycles. The smallest absolute Gasteiger partial charge is 0.256 e. The number of carbonyl (C=O) groups excluding carboxylic acids is 1. The van der Waals surface area contributed by atoms with Crippen LogP contribution < -0.4 is 10.6 Å². The van der Waals surface area contributed by atoms with Crippen molar-refractivity contribution in [3.8, 4) is 0 Å². The predicted molar refractivity (Wildman–Crippen MR) is 77.7 cm³/mol. The quantitative estimate of drug-likeness (QED) is 0.901. The first-order valence-corrected chi connectivity index (χ1v) is 6.82. The Morgan fingerprint density at radius 2 is 2.11 bits per heavy atom. The molecule has 0 bridgehead atoms. The van der Waals surface area contributed by atoms with Gasteiger partial charge in [-0.05, 0) is 31.5 Å². The standard InChI is InChI=1S/C13H15Cl2N3O/c1-3-6-16-12-17-11(19)13(2,18-12)9-7-8(14)4-5-10(9)15/h4-5,7H,3,6H2,1-2H3,(H2,16,17,18,19). The van der Waals surface area contributed by atoms with Crippen molar-refractivity contribution in [1.29, 1.82) is 0 Å². The van der Waals surface area contributed by atoms with E-state index in [0.717, 1.165) is 6.42 Å². The molecular formula is C13H15Cl2N3O. The zero-order chi connectivity index (χ0) is 14.0. The molecule has 0 saturated carbocycles. The molecule has 1 aromatic carbocycles. The summed E-state index contributed by atoms with van der Waals surface area (Å²) >= 11 is 12.1. The predicted octanol–water partition coefficient (Wildman–Crippen LogP) is 2.69. The summed E-state index contributed by atoms with van der Waals surface area (Å²) < 4.78 is 0. The molecular weight excluding hydrogens is 285 g/mol. The lowest BCUT2D eigenvalue weighted by Crippen LogP contribution is -2.41. The molecule has 0 aromatic heterocycles. The highest BCUT2D eigenvalue weighted by Crippen LogP contribution is 2.32. The first kappa shape index (κ1) is 14.2. The molecule has 2 N–H and O–H groups in total. The van der Waals surface area contributed by atoms with Crippen LogP contribution in [0.3, 0.4) is 0 Å². The Hall–Kier alpha value is -1.26. The molecule has 1 atom stereocenters. The Bertz CT molecular complexity index is 545. The molecule has 1 aromatic rings. The number of hydrogen-bond acceptors (Lipinski definition) is 2. The highest BCUT2D eigenvalue weighted by atomic mass is 35.5. The van der Waals surface area contributed by atoms with Crippen LogP contribution in [0.25, 0.3) is 0 Å². The molecule has 1 unspecified atom stereocenters. The summed E-state index contributed by atoms with van der Waals surface area (Å²) in [7, 11) is 0. The second-order valence-corrected chi connectivity index (χ2v) is 5.40. The minimum absolute atomic E-state index is 0.188. The van der Waals surface area contributed by atoms with Gasteiger partial charge in [-0.15, -0.1) is 0 Å². The van der Waals surface area contributed by atoms with Crippen LogP contribution in [0.2, 0.25) is 10.0 Å². The average molecular weight is 300 g/mol. The summed E-state index contributed by atoms with van der Waals surface area (Å²) in [6, 6.07) is 5.07. The van der Waals surface area contributed by atoms with Gasteiger partial charge < -0.3 is 5.32 Å². The van der Waals surface area contributed by atoms with Gasteiger partial charge in [0.2, 0.25) is 0 Å². The highest BCUT2D eigenvalue weighted by molar-refractivity contribution is 6.34. The monoisotopic (exact) mass is 299 g/mol. The second-order valence-electron chi connectivity index (χ2n) is 4.56. The van der Waals surface area contributed by atoms with E-state index in [1.807, 2.05) is 6.92 Å². The van der Waals surface area contributed by atoms with Crippen molar-refractivity contribution < 1.29 is 4.79 Å². The maximum Gasteiger partial charge on any atom is 0.256 e. The van der Waals surface area contributed by atoms with Crippen LogP contribution in [0.15, 0.2) is 23.2 Å². The van der Waals surface area contributed by atoms with Crippen molar-refractivity contribution in [3.63, 3.8) is 0 Å². The topological polar surface area (TPSA) is 53.5 Å². The molecule has 1 heterocycles. The number of nitrogens with one attached hydrogen (secondary N) is 2. The first-order valence-electron chi connectivity index (χ1n) is 6.07. The maximum absolute atomic E-state index is 12.2. The third-order valence-electron chi connectivity index (χ3n) is 3.02. The summed E-state index contributed by atoms with van der Waals surface area (Å²) in [5, 5.41) is 6.83. The van der Waals surface area contributed by atoms with E-state index in [2.05, 4.69) is 15.6 Å². The van der Waals surface area contributed by atoms with Gasteiger partial charge in [0, 0.05) is 22.2 Å². The Morgan fingerprint density at radius 3 is 2.79 bits per heavy atom. The maximum atomic E-state index is 12.2. The van der Waals surface area contributed by atoms with Gasteiger partial charge in [0.15, 0.2) is 5.96 Å². The van der Waals surface area contributed by atoms with Gasteiger partial charge in [0.1, 0.15) is 5.54 Å². The minimum atomic E-state index is -0.950. The molecule has 102 valence electrons. The van der Waals surface area contributed by atoms with E-state index in [-0.39, 0.29) is 5.91 Å². The van der Waals surface area contributed by atoms with Crippen LogP contribution in [-0.4, -0.2) is 18.4 Å². The number of aliphatic imine (C=N–C) groups is 1. The van der Waals surface area contributed by atoms with Crippen LogP contribution in [0, 0.1) is 0 Å². The van der Waals surface area contributed by atoms with E-state index in [0.29, 0.717) is 28.1 Å². The average Bonchev–Trinajstić information content (AvgIpc) is 2.66. The van der Waals surface area contributed by atoms with E-state index in [9.17, 15) is 4.79 Å². The van der Waals surface area contributed by atoms with Crippen LogP contribution in [0.5, 0.6) is 0 Å². The van der Waals surface area contributed by atoms with E-state index >= 15 is 0 Å². The lowest BCUT2D eigenvalue weighted by atomic mass is 9.92. The molecule has 1 amide bonds. The zero-order valence-electron chi connectivity index (χ0n) is 10.8. The fraction of sp³-hybridized carbons (Fsp3) is 0.385. The largest absolute Gasteiger partial charge is 0.338 e. The number of guanidine groups is 1. The molecule has 19 heavy (non-hydrogen) atoms. The molecule has 0 spiro atoms.